The lowest BCUT2D eigenvalue weighted by Crippen LogP contribution is -2.11. The van der Waals surface area contributed by atoms with Gasteiger partial charge in [0.25, 0.3) is 0 Å². The van der Waals surface area contributed by atoms with Gasteiger partial charge >= 0.3 is 5.97 Å². The van der Waals surface area contributed by atoms with E-state index in [1.165, 1.54) is 0 Å². The minimum absolute atomic E-state index is 0.393. The number of carbonyl (C=O) groups is 1. The summed E-state index contributed by atoms with van der Waals surface area (Å²) in [7, 11) is 1.07. The maximum atomic E-state index is 13.0. The molecule has 0 amide bonds. The van der Waals surface area contributed by atoms with Crippen LogP contribution in [0.15, 0.2) is 0 Å². The molecule has 0 atom stereocenters. The average molecular weight is 270 g/mol. The molecule has 0 bridgehead atoms. The number of hydrogen-bond donors (Lipinski definition) is 0. The molecule has 0 fully saturated rings. The molecule has 0 aliphatic rings. The van der Waals surface area contributed by atoms with Crippen molar-refractivity contribution < 1.29 is 36.2 Å². The highest BCUT2D eigenvalue weighted by atomic mass is 19.2. The molecular formula is C10H7F5O3. The van der Waals surface area contributed by atoms with Gasteiger partial charge in [0.05, 0.1) is 20.1 Å². The van der Waals surface area contributed by atoms with Crippen LogP contribution in [0, 0.1) is 29.1 Å². The Morgan fingerprint density at radius 1 is 0.944 bits per heavy atom. The van der Waals surface area contributed by atoms with E-state index in [-0.39, 0.29) is 0 Å². The predicted molar refractivity (Wildman–Crippen MR) is 48.4 cm³/mol. The third-order valence-corrected chi connectivity index (χ3v) is 1.95. The molecule has 1 rings (SSSR count). The fourth-order valence-corrected chi connectivity index (χ4v) is 1.05. The van der Waals surface area contributed by atoms with Crippen LogP contribution in [0.25, 0.3) is 0 Å². The summed E-state index contributed by atoms with van der Waals surface area (Å²) in [5.41, 5.74) is 0. The number of halogens is 5. The number of ether oxygens (including phenoxy) is 2. The van der Waals surface area contributed by atoms with Gasteiger partial charge in [0.15, 0.2) is 5.75 Å². The first kappa shape index (κ1) is 14.2. The number of hydrogen-bond acceptors (Lipinski definition) is 3. The van der Waals surface area contributed by atoms with Crippen molar-refractivity contribution in [1.82, 2.24) is 0 Å². The SMILES string of the molecule is COC(=O)CCOc1c(F)c(F)c(F)c(F)c1F. The van der Waals surface area contributed by atoms with Crippen LogP contribution in [0.2, 0.25) is 0 Å². The van der Waals surface area contributed by atoms with E-state index in [9.17, 15) is 26.7 Å². The highest BCUT2D eigenvalue weighted by molar-refractivity contribution is 5.69. The van der Waals surface area contributed by atoms with E-state index in [0.29, 0.717) is 0 Å². The predicted octanol–water partition coefficient (Wildman–Crippen LogP) is 2.32. The molecule has 0 N–H and O–H groups in total. The van der Waals surface area contributed by atoms with Gasteiger partial charge in [-0.3, -0.25) is 4.79 Å². The van der Waals surface area contributed by atoms with Crippen LogP contribution < -0.4 is 4.74 Å². The normalized spacial score (nSPS) is 10.3. The van der Waals surface area contributed by atoms with Crippen molar-refractivity contribution in [2.45, 2.75) is 6.42 Å². The molecule has 100 valence electrons. The molecule has 8 heteroatoms. The lowest BCUT2D eigenvalue weighted by molar-refractivity contribution is -0.141. The topological polar surface area (TPSA) is 35.5 Å². The van der Waals surface area contributed by atoms with Crippen LogP contribution in [-0.2, 0) is 9.53 Å². The Morgan fingerprint density at radius 2 is 1.39 bits per heavy atom. The summed E-state index contributed by atoms with van der Waals surface area (Å²) in [6.45, 7) is -0.578. The number of benzene rings is 1. The molecule has 0 heterocycles. The maximum absolute atomic E-state index is 13.0. The van der Waals surface area contributed by atoms with E-state index in [1.54, 1.807) is 0 Å². The second-order valence-corrected chi connectivity index (χ2v) is 3.07. The first-order valence-electron chi connectivity index (χ1n) is 4.61. The summed E-state index contributed by atoms with van der Waals surface area (Å²) in [4.78, 5) is 10.7. The zero-order valence-electron chi connectivity index (χ0n) is 9.03. The van der Waals surface area contributed by atoms with Gasteiger partial charge < -0.3 is 9.47 Å². The lowest BCUT2D eigenvalue weighted by atomic mass is 10.2. The molecule has 18 heavy (non-hydrogen) atoms. The first-order valence-corrected chi connectivity index (χ1v) is 4.61. The first-order chi connectivity index (χ1) is 8.40. The Kier molecular flexibility index (Phi) is 4.46. The van der Waals surface area contributed by atoms with Crippen LogP contribution in [-0.4, -0.2) is 19.7 Å². The lowest BCUT2D eigenvalue weighted by Gasteiger charge is -2.09. The molecule has 0 spiro atoms. The maximum Gasteiger partial charge on any atom is 0.308 e. The number of esters is 1. The van der Waals surface area contributed by atoms with Gasteiger partial charge in [-0.1, -0.05) is 0 Å². The minimum atomic E-state index is -2.27. The Labute approximate surface area is 98.1 Å². The van der Waals surface area contributed by atoms with Crippen LogP contribution in [0.4, 0.5) is 22.0 Å². The molecular weight excluding hydrogens is 263 g/mol. The molecule has 0 saturated heterocycles. The van der Waals surface area contributed by atoms with Crippen molar-refractivity contribution in [2.75, 3.05) is 13.7 Å². The molecule has 1 aromatic rings. The fraction of sp³-hybridized carbons (Fsp3) is 0.300. The minimum Gasteiger partial charge on any atom is -0.487 e. The van der Waals surface area contributed by atoms with Gasteiger partial charge in [-0.25, -0.2) is 13.2 Å². The van der Waals surface area contributed by atoms with Gasteiger partial charge in [0, 0.05) is 0 Å². The molecule has 0 radical (unpaired) electrons. The molecule has 3 nitrogen and oxygen atoms in total. The standard InChI is InChI=1S/C10H7F5O3/c1-17-4(16)2-3-18-10-8(14)6(12)5(11)7(13)9(10)15/h2-3H2,1H3. The van der Waals surface area contributed by atoms with E-state index >= 15 is 0 Å². The van der Waals surface area contributed by atoms with Gasteiger partial charge in [-0.15, -0.1) is 0 Å². The van der Waals surface area contributed by atoms with Gasteiger partial charge in [-0.05, 0) is 0 Å². The van der Waals surface area contributed by atoms with E-state index in [2.05, 4.69) is 9.47 Å². The molecule has 0 aliphatic heterocycles. The van der Waals surface area contributed by atoms with Gasteiger partial charge in [-0.2, -0.15) is 8.78 Å². The second-order valence-electron chi connectivity index (χ2n) is 3.07. The smallest absolute Gasteiger partial charge is 0.308 e. The fourth-order valence-electron chi connectivity index (χ4n) is 1.05. The highest BCUT2D eigenvalue weighted by Crippen LogP contribution is 2.29. The molecule has 0 unspecified atom stereocenters. The Morgan fingerprint density at radius 3 is 1.83 bits per heavy atom. The second kappa shape index (κ2) is 5.65. The molecule has 0 saturated carbocycles. The quantitative estimate of drug-likeness (QED) is 0.364. The summed E-state index contributed by atoms with van der Waals surface area (Å²) >= 11 is 0. The van der Waals surface area contributed by atoms with Crippen molar-refractivity contribution in [3.8, 4) is 5.75 Å². The Hall–Kier alpha value is -1.86. The van der Waals surface area contributed by atoms with Gasteiger partial charge in [0.2, 0.25) is 29.1 Å². The van der Waals surface area contributed by atoms with Crippen LogP contribution >= 0.6 is 0 Å². The number of carbonyl (C=O) groups excluding carboxylic acids is 1. The van der Waals surface area contributed by atoms with Gasteiger partial charge in [0.1, 0.15) is 0 Å². The van der Waals surface area contributed by atoms with E-state index in [0.717, 1.165) is 7.11 Å². The van der Waals surface area contributed by atoms with E-state index in [4.69, 9.17) is 0 Å². The average Bonchev–Trinajstić information content (AvgIpc) is 2.37. The Bertz CT molecular complexity index is 446. The van der Waals surface area contributed by atoms with E-state index in [1.807, 2.05) is 0 Å². The monoisotopic (exact) mass is 270 g/mol. The summed E-state index contributed by atoms with van der Waals surface area (Å²) < 4.78 is 72.7. The highest BCUT2D eigenvalue weighted by Gasteiger charge is 2.27. The van der Waals surface area contributed by atoms with Crippen molar-refractivity contribution in [2.24, 2.45) is 0 Å². The van der Waals surface area contributed by atoms with Crippen LogP contribution in [0.5, 0.6) is 5.75 Å². The summed E-state index contributed by atoms with van der Waals surface area (Å²) in [5, 5.41) is 0. The van der Waals surface area contributed by atoms with Crippen molar-refractivity contribution >= 4 is 5.97 Å². The summed E-state index contributed by atoms with van der Waals surface area (Å²) in [6.07, 6.45) is -0.393. The number of rotatable bonds is 4. The largest absolute Gasteiger partial charge is 0.487 e. The zero-order chi connectivity index (χ0) is 13.9. The third kappa shape index (κ3) is 2.69. The number of methoxy groups -OCH3 is 1. The van der Waals surface area contributed by atoms with Crippen LogP contribution in [0.3, 0.4) is 0 Å². The third-order valence-electron chi connectivity index (χ3n) is 1.95. The van der Waals surface area contributed by atoms with Crippen molar-refractivity contribution in [3.05, 3.63) is 29.1 Å². The van der Waals surface area contributed by atoms with E-state index < -0.39 is 53.8 Å². The summed E-state index contributed by atoms with van der Waals surface area (Å²) in [6, 6.07) is 0. The van der Waals surface area contributed by atoms with Crippen molar-refractivity contribution in [3.63, 3.8) is 0 Å². The Balaban J connectivity index is 2.93. The molecule has 0 aromatic heterocycles. The molecule has 0 aliphatic carbocycles. The van der Waals surface area contributed by atoms with Crippen molar-refractivity contribution in [1.29, 1.82) is 0 Å². The van der Waals surface area contributed by atoms with Crippen LogP contribution in [0.1, 0.15) is 6.42 Å². The molecule has 1 aromatic carbocycles. The summed E-state index contributed by atoms with van der Waals surface area (Å²) in [5.74, 6) is -12.8. The zero-order valence-corrected chi connectivity index (χ0v) is 9.03.